The molecule has 3 heteroatoms. The average Bonchev–Trinajstić information content (AvgIpc) is 1.72. The van der Waals surface area contributed by atoms with Crippen LogP contribution in [0, 0.1) is 11.3 Å². The van der Waals surface area contributed by atoms with Gasteiger partial charge < -0.3 is 0 Å². The van der Waals surface area contributed by atoms with E-state index in [2.05, 4.69) is 4.89 Å². The number of hydrogen-bond donors (Lipinski definition) is 1. The van der Waals surface area contributed by atoms with Gasteiger partial charge in [0.25, 0.3) is 0 Å². The highest BCUT2D eigenvalue weighted by Gasteiger charge is 1.99. The third-order valence-corrected chi connectivity index (χ3v) is 0.642. The molecule has 0 saturated carbocycles. The fourth-order valence-corrected chi connectivity index (χ4v) is 0.189. The van der Waals surface area contributed by atoms with Crippen LogP contribution in [0.3, 0.4) is 0 Å². The van der Waals surface area contributed by atoms with Gasteiger partial charge in [-0.3, -0.25) is 5.26 Å². The maximum atomic E-state index is 7.99. The summed E-state index contributed by atoms with van der Waals surface area (Å²) in [7, 11) is 0. The first-order valence-corrected chi connectivity index (χ1v) is 2.05. The molecule has 0 fully saturated rings. The van der Waals surface area contributed by atoms with E-state index in [9.17, 15) is 0 Å². The van der Waals surface area contributed by atoms with Gasteiger partial charge in [-0.1, -0.05) is 6.92 Å². The van der Waals surface area contributed by atoms with Crippen LogP contribution in [-0.4, -0.2) is 11.4 Å². The summed E-state index contributed by atoms with van der Waals surface area (Å²) in [5, 5.41) is 15.8. The molecule has 1 atom stereocenters. The fourth-order valence-electron chi connectivity index (χ4n) is 0.189. The highest BCUT2D eigenvalue weighted by molar-refractivity contribution is 4.80. The van der Waals surface area contributed by atoms with Crippen molar-refractivity contribution in [3.63, 3.8) is 0 Å². The second-order valence-electron chi connectivity index (χ2n) is 1.13. The molecule has 0 amide bonds. The Balaban J connectivity index is 3.23. The first-order valence-electron chi connectivity index (χ1n) is 2.05. The van der Waals surface area contributed by atoms with Gasteiger partial charge in [-0.05, 0) is 6.42 Å². The molecular weight excluding hydrogens is 94.0 g/mol. The smallest absolute Gasteiger partial charge is 0.178 e. The van der Waals surface area contributed by atoms with Gasteiger partial charge in [-0.2, -0.15) is 5.26 Å². The molecule has 1 unspecified atom stereocenters. The van der Waals surface area contributed by atoms with Crippen molar-refractivity contribution >= 4 is 0 Å². The molecule has 0 radical (unpaired) electrons. The third kappa shape index (κ3) is 2.15. The molecule has 7 heavy (non-hydrogen) atoms. The zero-order chi connectivity index (χ0) is 5.70. The van der Waals surface area contributed by atoms with Gasteiger partial charge in [0.1, 0.15) is 0 Å². The SMILES string of the molecule is CCC(C#N)OO. The van der Waals surface area contributed by atoms with Crippen molar-refractivity contribution in [3.8, 4) is 6.07 Å². The van der Waals surface area contributed by atoms with Gasteiger partial charge in [0.2, 0.25) is 0 Å². The van der Waals surface area contributed by atoms with Crippen molar-refractivity contribution < 1.29 is 10.1 Å². The Hall–Kier alpha value is -0.590. The quantitative estimate of drug-likeness (QED) is 0.413. The minimum Gasteiger partial charge on any atom is -0.250 e. The highest BCUT2D eigenvalue weighted by atomic mass is 17.1. The van der Waals surface area contributed by atoms with Gasteiger partial charge in [0.15, 0.2) is 6.10 Å². The van der Waals surface area contributed by atoms with Crippen molar-refractivity contribution in [1.82, 2.24) is 0 Å². The minimum atomic E-state index is -0.653. The van der Waals surface area contributed by atoms with Gasteiger partial charge in [0, 0.05) is 0 Å². The summed E-state index contributed by atoms with van der Waals surface area (Å²) < 4.78 is 0. The lowest BCUT2D eigenvalue weighted by molar-refractivity contribution is -0.263. The fraction of sp³-hybridized carbons (Fsp3) is 0.750. The molecule has 0 saturated heterocycles. The summed E-state index contributed by atoms with van der Waals surface area (Å²) in [6, 6.07) is 1.73. The van der Waals surface area contributed by atoms with Crippen molar-refractivity contribution in [2.75, 3.05) is 0 Å². The molecule has 0 aliphatic carbocycles. The number of rotatable bonds is 2. The molecular formula is C4H7NO2. The Morgan fingerprint density at radius 3 is 2.57 bits per heavy atom. The summed E-state index contributed by atoms with van der Waals surface area (Å²) in [4.78, 5) is 3.69. The summed E-state index contributed by atoms with van der Waals surface area (Å²) in [6.45, 7) is 1.75. The summed E-state index contributed by atoms with van der Waals surface area (Å²) in [5.74, 6) is 0. The molecule has 40 valence electrons. The van der Waals surface area contributed by atoms with E-state index in [1.807, 2.05) is 0 Å². The number of nitrogens with zero attached hydrogens (tertiary/aromatic N) is 1. The Kier molecular flexibility index (Phi) is 3.29. The Morgan fingerprint density at radius 1 is 2.00 bits per heavy atom. The first-order chi connectivity index (χ1) is 3.35. The predicted molar refractivity (Wildman–Crippen MR) is 23.4 cm³/mol. The third-order valence-electron chi connectivity index (χ3n) is 0.642. The van der Waals surface area contributed by atoms with Crippen LogP contribution >= 0.6 is 0 Å². The molecule has 1 N–H and O–H groups in total. The molecule has 0 aliphatic rings. The van der Waals surface area contributed by atoms with E-state index in [-0.39, 0.29) is 0 Å². The summed E-state index contributed by atoms with van der Waals surface area (Å²) in [5.41, 5.74) is 0. The van der Waals surface area contributed by atoms with Crippen LogP contribution in [-0.2, 0) is 4.89 Å². The van der Waals surface area contributed by atoms with Crippen LogP contribution < -0.4 is 0 Å². The molecule has 0 spiro atoms. The lowest BCUT2D eigenvalue weighted by Gasteiger charge is -1.95. The van der Waals surface area contributed by atoms with Gasteiger partial charge in [-0.15, -0.1) is 0 Å². The van der Waals surface area contributed by atoms with E-state index >= 15 is 0 Å². The van der Waals surface area contributed by atoms with E-state index in [1.165, 1.54) is 0 Å². The molecule has 0 bridgehead atoms. The summed E-state index contributed by atoms with van der Waals surface area (Å²) >= 11 is 0. The molecule has 3 nitrogen and oxygen atoms in total. The van der Waals surface area contributed by atoms with E-state index < -0.39 is 6.10 Å². The van der Waals surface area contributed by atoms with E-state index in [1.54, 1.807) is 13.0 Å². The average molecular weight is 101 g/mol. The normalized spacial score (nSPS) is 12.7. The standard InChI is InChI=1S/C4H7NO2/c1-2-4(3-5)7-6/h4,6H,2H2,1H3. The van der Waals surface area contributed by atoms with Crippen LogP contribution in [0.15, 0.2) is 0 Å². The largest absolute Gasteiger partial charge is 0.250 e. The summed E-state index contributed by atoms with van der Waals surface area (Å²) in [6.07, 6.45) is -0.132. The van der Waals surface area contributed by atoms with Crippen molar-refractivity contribution in [1.29, 1.82) is 5.26 Å². The van der Waals surface area contributed by atoms with Crippen LogP contribution in [0.4, 0.5) is 0 Å². The zero-order valence-electron chi connectivity index (χ0n) is 4.09. The first kappa shape index (κ1) is 6.41. The lowest BCUT2D eigenvalue weighted by Crippen LogP contribution is -2.04. The van der Waals surface area contributed by atoms with Gasteiger partial charge in [0.05, 0.1) is 6.07 Å². The van der Waals surface area contributed by atoms with Gasteiger partial charge >= 0.3 is 0 Å². The zero-order valence-corrected chi connectivity index (χ0v) is 4.09. The molecule has 0 aromatic heterocycles. The molecule has 0 aromatic carbocycles. The van der Waals surface area contributed by atoms with Crippen molar-refractivity contribution in [2.45, 2.75) is 19.4 Å². The second-order valence-corrected chi connectivity index (χ2v) is 1.13. The predicted octanol–water partition coefficient (Wildman–Crippen LogP) is 0.778. The van der Waals surface area contributed by atoms with Crippen LogP contribution in [0.5, 0.6) is 0 Å². The minimum absolute atomic E-state index is 0.521. The Morgan fingerprint density at radius 2 is 2.57 bits per heavy atom. The number of nitriles is 1. The van der Waals surface area contributed by atoms with Gasteiger partial charge in [-0.25, -0.2) is 4.89 Å². The molecule has 0 aromatic rings. The maximum absolute atomic E-state index is 7.99. The molecule has 0 heterocycles. The molecule has 0 rings (SSSR count). The van der Waals surface area contributed by atoms with Crippen molar-refractivity contribution in [3.05, 3.63) is 0 Å². The van der Waals surface area contributed by atoms with Crippen molar-refractivity contribution in [2.24, 2.45) is 0 Å². The van der Waals surface area contributed by atoms with Crippen LogP contribution in [0.25, 0.3) is 0 Å². The Bertz CT molecular complexity index is 72.2. The van der Waals surface area contributed by atoms with Crippen LogP contribution in [0.2, 0.25) is 0 Å². The van der Waals surface area contributed by atoms with Crippen LogP contribution in [0.1, 0.15) is 13.3 Å². The van der Waals surface area contributed by atoms with E-state index in [0.717, 1.165) is 0 Å². The lowest BCUT2D eigenvalue weighted by atomic mass is 10.3. The Labute approximate surface area is 42.1 Å². The topological polar surface area (TPSA) is 53.2 Å². The maximum Gasteiger partial charge on any atom is 0.178 e. The highest BCUT2D eigenvalue weighted by Crippen LogP contribution is 1.90. The van der Waals surface area contributed by atoms with E-state index in [0.29, 0.717) is 6.42 Å². The second kappa shape index (κ2) is 3.59. The molecule has 0 aliphatic heterocycles. The monoisotopic (exact) mass is 101 g/mol. The number of hydrogen-bond acceptors (Lipinski definition) is 3. The van der Waals surface area contributed by atoms with E-state index in [4.69, 9.17) is 10.5 Å².